The van der Waals surface area contributed by atoms with Gasteiger partial charge in [0.1, 0.15) is 0 Å². The van der Waals surface area contributed by atoms with E-state index in [0.29, 0.717) is 12.3 Å². The van der Waals surface area contributed by atoms with Crippen LogP contribution in [0.3, 0.4) is 0 Å². The van der Waals surface area contributed by atoms with Gasteiger partial charge in [-0.25, -0.2) is 4.98 Å². The molecule has 1 saturated heterocycles. The highest BCUT2D eigenvalue weighted by Crippen LogP contribution is 2.30. The van der Waals surface area contributed by atoms with Gasteiger partial charge in [0.25, 0.3) is 0 Å². The average Bonchev–Trinajstić information content (AvgIpc) is 3.13. The first-order valence-corrected chi connectivity index (χ1v) is 8.62. The van der Waals surface area contributed by atoms with Gasteiger partial charge >= 0.3 is 0 Å². The molecular formula is C16H22N4OS. The molecule has 1 amide bonds. The molecule has 1 atom stereocenters. The summed E-state index contributed by atoms with van der Waals surface area (Å²) in [6.07, 6.45) is 7.24. The molecule has 3 rings (SSSR count). The molecule has 1 fully saturated rings. The number of nitrogens with zero attached hydrogens (tertiary/aromatic N) is 4. The second-order valence-electron chi connectivity index (χ2n) is 5.93. The van der Waals surface area contributed by atoms with Crippen LogP contribution >= 0.6 is 11.3 Å². The average molecular weight is 318 g/mol. The van der Waals surface area contributed by atoms with E-state index < -0.39 is 0 Å². The van der Waals surface area contributed by atoms with Gasteiger partial charge in [0, 0.05) is 55.4 Å². The van der Waals surface area contributed by atoms with Crippen molar-refractivity contribution in [2.75, 3.05) is 13.1 Å². The highest BCUT2D eigenvalue weighted by molar-refractivity contribution is 7.11. The van der Waals surface area contributed by atoms with E-state index in [1.54, 1.807) is 17.5 Å². The Hall–Kier alpha value is -1.69. The molecule has 0 unspecified atom stereocenters. The molecule has 2 aromatic rings. The molecule has 118 valence electrons. The minimum atomic E-state index is 0.249. The van der Waals surface area contributed by atoms with Gasteiger partial charge < -0.3 is 4.90 Å². The standard InChI is InChI=1S/C16H22N4OS/c1-12-10-17-16(22-12)13-4-3-9-20(11-13)15(21)6-5-14-7-8-18-19(14)2/h7-8,10,13H,3-6,9,11H2,1-2H3/t13-/m0/s1. The van der Waals surface area contributed by atoms with Crippen LogP contribution < -0.4 is 0 Å². The van der Waals surface area contributed by atoms with Crippen molar-refractivity contribution in [2.24, 2.45) is 7.05 Å². The van der Waals surface area contributed by atoms with Gasteiger partial charge in [-0.1, -0.05) is 0 Å². The molecule has 0 spiro atoms. The van der Waals surface area contributed by atoms with E-state index >= 15 is 0 Å². The van der Waals surface area contributed by atoms with E-state index in [2.05, 4.69) is 17.0 Å². The zero-order chi connectivity index (χ0) is 15.5. The molecule has 2 aromatic heterocycles. The summed E-state index contributed by atoms with van der Waals surface area (Å²) in [5.41, 5.74) is 1.11. The van der Waals surface area contributed by atoms with Crippen molar-refractivity contribution in [3.63, 3.8) is 0 Å². The first kappa shape index (κ1) is 15.2. The fourth-order valence-electron chi connectivity index (χ4n) is 3.01. The zero-order valence-electron chi connectivity index (χ0n) is 13.2. The van der Waals surface area contributed by atoms with Crippen LogP contribution in [-0.4, -0.2) is 38.7 Å². The van der Waals surface area contributed by atoms with Crippen molar-refractivity contribution in [3.8, 4) is 0 Å². The number of hydrogen-bond acceptors (Lipinski definition) is 4. The Morgan fingerprint density at radius 2 is 2.36 bits per heavy atom. The van der Waals surface area contributed by atoms with Gasteiger partial charge in [-0.05, 0) is 32.3 Å². The Balaban J connectivity index is 1.57. The van der Waals surface area contributed by atoms with Gasteiger partial charge in [-0.2, -0.15) is 5.10 Å². The van der Waals surface area contributed by atoms with Gasteiger partial charge in [0.15, 0.2) is 0 Å². The van der Waals surface area contributed by atoms with Crippen LogP contribution in [0, 0.1) is 6.92 Å². The third-order valence-corrected chi connectivity index (χ3v) is 5.36. The van der Waals surface area contributed by atoms with Crippen molar-refractivity contribution in [1.82, 2.24) is 19.7 Å². The summed E-state index contributed by atoms with van der Waals surface area (Å²) in [6.45, 7) is 3.78. The fourth-order valence-corrected chi connectivity index (χ4v) is 3.91. The summed E-state index contributed by atoms with van der Waals surface area (Å²) in [7, 11) is 1.92. The number of thiazole rings is 1. The van der Waals surface area contributed by atoms with Gasteiger partial charge in [0.2, 0.25) is 5.91 Å². The number of piperidine rings is 1. The first-order chi connectivity index (χ1) is 10.6. The normalized spacial score (nSPS) is 18.6. The minimum absolute atomic E-state index is 0.249. The predicted octanol–water partition coefficient (Wildman–Crippen LogP) is 2.52. The Morgan fingerprint density at radius 1 is 1.50 bits per heavy atom. The molecule has 3 heterocycles. The lowest BCUT2D eigenvalue weighted by atomic mass is 9.98. The van der Waals surface area contributed by atoms with E-state index in [1.807, 2.05) is 28.9 Å². The first-order valence-electron chi connectivity index (χ1n) is 7.80. The SMILES string of the molecule is Cc1cnc([C@H]2CCCN(C(=O)CCc3ccnn3C)C2)s1. The van der Waals surface area contributed by atoms with Crippen LogP contribution in [0.15, 0.2) is 18.5 Å². The van der Waals surface area contributed by atoms with Gasteiger partial charge in [-0.15, -0.1) is 11.3 Å². The zero-order valence-corrected chi connectivity index (χ0v) is 14.0. The molecule has 1 aliphatic rings. The number of aryl methyl sites for hydroxylation is 3. The summed E-state index contributed by atoms with van der Waals surface area (Å²) < 4.78 is 1.84. The number of rotatable bonds is 4. The number of likely N-dealkylation sites (tertiary alicyclic amines) is 1. The van der Waals surface area contributed by atoms with Gasteiger partial charge in [-0.3, -0.25) is 9.48 Å². The minimum Gasteiger partial charge on any atom is -0.342 e. The number of hydrogen-bond donors (Lipinski definition) is 0. The summed E-state index contributed by atoms with van der Waals surface area (Å²) in [5, 5.41) is 5.33. The van der Waals surface area contributed by atoms with Crippen LogP contribution in [0.1, 0.15) is 40.8 Å². The Morgan fingerprint density at radius 3 is 3.05 bits per heavy atom. The molecule has 0 N–H and O–H groups in total. The van der Waals surface area contributed by atoms with E-state index in [-0.39, 0.29) is 5.91 Å². The third-order valence-electron chi connectivity index (χ3n) is 4.28. The molecule has 1 aliphatic heterocycles. The summed E-state index contributed by atoms with van der Waals surface area (Å²) in [6, 6.07) is 1.98. The molecule has 0 aromatic carbocycles. The summed E-state index contributed by atoms with van der Waals surface area (Å²) >= 11 is 1.76. The Bertz CT molecular complexity index is 648. The van der Waals surface area contributed by atoms with Gasteiger partial charge in [0.05, 0.1) is 5.01 Å². The predicted molar refractivity (Wildman–Crippen MR) is 86.9 cm³/mol. The topological polar surface area (TPSA) is 51.0 Å². The monoisotopic (exact) mass is 318 g/mol. The van der Waals surface area contributed by atoms with Crippen LogP contribution in [-0.2, 0) is 18.3 Å². The van der Waals surface area contributed by atoms with Crippen molar-refractivity contribution < 1.29 is 4.79 Å². The molecule has 6 heteroatoms. The molecule has 22 heavy (non-hydrogen) atoms. The number of amides is 1. The Labute approximate surface area is 135 Å². The number of aromatic nitrogens is 3. The number of carbonyl (C=O) groups excluding carboxylic acids is 1. The van der Waals surface area contributed by atoms with Crippen LogP contribution in [0.4, 0.5) is 0 Å². The van der Waals surface area contributed by atoms with Crippen molar-refractivity contribution in [1.29, 1.82) is 0 Å². The summed E-state index contributed by atoms with van der Waals surface area (Å²) in [4.78, 5) is 20.2. The maximum absolute atomic E-state index is 12.5. The van der Waals surface area contributed by atoms with Crippen molar-refractivity contribution in [2.45, 2.75) is 38.5 Å². The molecule has 0 bridgehead atoms. The fraction of sp³-hybridized carbons (Fsp3) is 0.562. The quantitative estimate of drug-likeness (QED) is 0.870. The number of carbonyl (C=O) groups is 1. The van der Waals surface area contributed by atoms with Crippen molar-refractivity contribution >= 4 is 17.2 Å². The second-order valence-corrected chi connectivity index (χ2v) is 7.20. The molecule has 0 saturated carbocycles. The second kappa shape index (κ2) is 6.60. The van der Waals surface area contributed by atoms with E-state index in [4.69, 9.17) is 0 Å². The lowest BCUT2D eigenvalue weighted by Crippen LogP contribution is -2.39. The lowest BCUT2D eigenvalue weighted by Gasteiger charge is -2.32. The smallest absolute Gasteiger partial charge is 0.222 e. The lowest BCUT2D eigenvalue weighted by molar-refractivity contribution is -0.132. The molecular weight excluding hydrogens is 296 g/mol. The van der Waals surface area contributed by atoms with Crippen LogP contribution in [0.25, 0.3) is 0 Å². The van der Waals surface area contributed by atoms with Crippen LogP contribution in [0.5, 0.6) is 0 Å². The third kappa shape index (κ3) is 3.38. The maximum atomic E-state index is 12.5. The summed E-state index contributed by atoms with van der Waals surface area (Å²) in [5.74, 6) is 0.660. The molecule has 0 aliphatic carbocycles. The van der Waals surface area contributed by atoms with Crippen molar-refractivity contribution in [3.05, 3.63) is 34.0 Å². The highest BCUT2D eigenvalue weighted by Gasteiger charge is 2.26. The molecule has 5 nitrogen and oxygen atoms in total. The van der Waals surface area contributed by atoms with Crippen LogP contribution in [0.2, 0.25) is 0 Å². The largest absolute Gasteiger partial charge is 0.342 e. The van der Waals surface area contributed by atoms with E-state index in [9.17, 15) is 4.79 Å². The Kier molecular flexibility index (Phi) is 4.57. The van der Waals surface area contributed by atoms with E-state index in [0.717, 1.165) is 38.0 Å². The maximum Gasteiger partial charge on any atom is 0.222 e. The highest BCUT2D eigenvalue weighted by atomic mass is 32.1. The van der Waals surface area contributed by atoms with E-state index in [1.165, 1.54) is 9.88 Å². The molecule has 0 radical (unpaired) electrons.